The van der Waals surface area contributed by atoms with Crippen LogP contribution in [-0.4, -0.2) is 40.4 Å². The first-order valence-corrected chi connectivity index (χ1v) is 11.7. The zero-order valence-electron chi connectivity index (χ0n) is 20.0. The molecule has 1 aromatic carbocycles. The normalized spacial score (nSPS) is 19.9. The molecule has 184 valence electrons. The Hall–Kier alpha value is -3.88. The summed E-state index contributed by atoms with van der Waals surface area (Å²) in [6, 6.07) is 12.4. The van der Waals surface area contributed by atoms with Crippen LogP contribution in [0.1, 0.15) is 55.7 Å². The summed E-state index contributed by atoms with van der Waals surface area (Å²) in [6.45, 7) is 5.21. The van der Waals surface area contributed by atoms with Crippen molar-refractivity contribution < 1.29 is 24.0 Å². The first kappa shape index (κ1) is 25.7. The summed E-state index contributed by atoms with van der Waals surface area (Å²) in [5.41, 5.74) is 0.931. The molecule has 0 unspecified atom stereocenters. The highest BCUT2D eigenvalue weighted by Crippen LogP contribution is 2.25. The molecule has 1 aromatic heterocycles. The van der Waals surface area contributed by atoms with Gasteiger partial charge in [-0.25, -0.2) is 0 Å². The lowest BCUT2D eigenvalue weighted by Gasteiger charge is -2.27. The standard InChI is InChI=1S/C26H30N4O5/c1-4-15(2)22(23(32)21-16(3)24(33)30-26(21)35)29-20(31)14-19(17-10-6-5-7-11-17)28-25(34)18-12-8-9-13-27-18/h5-13,15-16,19,21-22H,4,14H2,1-3H3,(H,28,34)(H,29,31)(H,30,33,35)/t15-,16+,19-,21+,22+/m0/s1. The van der Waals surface area contributed by atoms with Crippen molar-refractivity contribution in [2.45, 2.75) is 45.7 Å². The number of carbonyl (C=O) groups excluding carboxylic acids is 5. The van der Waals surface area contributed by atoms with Gasteiger partial charge in [0.05, 0.1) is 24.4 Å². The van der Waals surface area contributed by atoms with Gasteiger partial charge in [-0.15, -0.1) is 0 Å². The van der Waals surface area contributed by atoms with Crippen LogP contribution in [0, 0.1) is 17.8 Å². The fourth-order valence-corrected chi connectivity index (χ4v) is 4.07. The van der Waals surface area contributed by atoms with Crippen molar-refractivity contribution in [3.05, 3.63) is 66.0 Å². The average Bonchev–Trinajstić information content (AvgIpc) is 3.12. The van der Waals surface area contributed by atoms with Gasteiger partial charge in [0.1, 0.15) is 11.6 Å². The number of hydrogen-bond acceptors (Lipinski definition) is 6. The lowest BCUT2D eigenvalue weighted by Crippen LogP contribution is -2.50. The molecule has 35 heavy (non-hydrogen) atoms. The lowest BCUT2D eigenvalue weighted by atomic mass is 9.83. The predicted octanol–water partition coefficient (Wildman–Crippen LogP) is 1.95. The third kappa shape index (κ3) is 6.17. The Kier molecular flexibility index (Phi) is 8.46. The lowest BCUT2D eigenvalue weighted by molar-refractivity contribution is -0.137. The van der Waals surface area contributed by atoms with Crippen LogP contribution in [0.3, 0.4) is 0 Å². The minimum atomic E-state index is -1.14. The van der Waals surface area contributed by atoms with E-state index in [0.29, 0.717) is 12.0 Å². The molecular formula is C26H30N4O5. The highest BCUT2D eigenvalue weighted by atomic mass is 16.2. The number of nitrogens with zero attached hydrogens (tertiary/aromatic N) is 1. The molecule has 1 aliphatic heterocycles. The summed E-state index contributed by atoms with van der Waals surface area (Å²) < 4.78 is 0. The van der Waals surface area contributed by atoms with Crippen LogP contribution < -0.4 is 16.0 Å². The molecule has 0 saturated carbocycles. The van der Waals surface area contributed by atoms with Gasteiger partial charge in [-0.3, -0.25) is 34.3 Å². The van der Waals surface area contributed by atoms with Crippen LogP contribution in [0.15, 0.2) is 54.7 Å². The molecule has 1 aliphatic rings. The molecule has 0 radical (unpaired) electrons. The quantitative estimate of drug-likeness (QED) is 0.353. The van der Waals surface area contributed by atoms with E-state index >= 15 is 0 Å². The smallest absolute Gasteiger partial charge is 0.270 e. The summed E-state index contributed by atoms with van der Waals surface area (Å²) in [5.74, 6) is -4.72. The Bertz CT molecular complexity index is 1090. The second kappa shape index (κ2) is 11.5. The van der Waals surface area contributed by atoms with Crippen molar-refractivity contribution in [3.63, 3.8) is 0 Å². The molecule has 3 rings (SSSR count). The van der Waals surface area contributed by atoms with Crippen molar-refractivity contribution in [2.24, 2.45) is 17.8 Å². The number of imide groups is 1. The van der Waals surface area contributed by atoms with Crippen molar-refractivity contribution in [1.82, 2.24) is 20.9 Å². The summed E-state index contributed by atoms with van der Waals surface area (Å²) in [5, 5.41) is 7.80. The van der Waals surface area contributed by atoms with Gasteiger partial charge in [0, 0.05) is 6.20 Å². The Balaban J connectivity index is 1.78. The molecule has 0 spiro atoms. The maximum atomic E-state index is 13.3. The van der Waals surface area contributed by atoms with E-state index in [0.717, 1.165) is 0 Å². The topological polar surface area (TPSA) is 134 Å². The maximum absolute atomic E-state index is 13.3. The number of ketones is 1. The van der Waals surface area contributed by atoms with Gasteiger partial charge >= 0.3 is 0 Å². The summed E-state index contributed by atoms with van der Waals surface area (Å²) in [6.07, 6.45) is 1.95. The number of pyridine rings is 1. The van der Waals surface area contributed by atoms with Crippen molar-refractivity contribution in [1.29, 1.82) is 0 Å². The molecule has 0 aliphatic carbocycles. The van der Waals surface area contributed by atoms with Crippen LogP contribution in [-0.2, 0) is 19.2 Å². The highest BCUT2D eigenvalue weighted by Gasteiger charge is 2.46. The minimum Gasteiger partial charge on any atom is -0.346 e. The van der Waals surface area contributed by atoms with Gasteiger partial charge in [0.25, 0.3) is 5.91 Å². The molecule has 5 atom stereocenters. The third-order valence-corrected chi connectivity index (χ3v) is 6.38. The van der Waals surface area contributed by atoms with Gasteiger partial charge in [0.15, 0.2) is 5.78 Å². The molecular weight excluding hydrogens is 448 g/mol. The van der Waals surface area contributed by atoms with Crippen molar-refractivity contribution in [2.75, 3.05) is 0 Å². The van der Waals surface area contributed by atoms with E-state index in [9.17, 15) is 24.0 Å². The van der Waals surface area contributed by atoms with E-state index in [4.69, 9.17) is 0 Å². The molecule has 2 aromatic rings. The predicted molar refractivity (Wildman–Crippen MR) is 128 cm³/mol. The van der Waals surface area contributed by atoms with Crippen LogP contribution in [0.4, 0.5) is 0 Å². The number of amides is 4. The molecule has 9 heteroatoms. The molecule has 9 nitrogen and oxygen atoms in total. The van der Waals surface area contributed by atoms with E-state index < -0.39 is 53.3 Å². The highest BCUT2D eigenvalue weighted by molar-refractivity contribution is 6.16. The Morgan fingerprint density at radius 2 is 1.69 bits per heavy atom. The summed E-state index contributed by atoms with van der Waals surface area (Å²) >= 11 is 0. The molecule has 2 heterocycles. The van der Waals surface area contributed by atoms with Gasteiger partial charge in [-0.1, -0.05) is 63.6 Å². The van der Waals surface area contributed by atoms with E-state index in [1.54, 1.807) is 49.4 Å². The first-order chi connectivity index (χ1) is 16.7. The van der Waals surface area contributed by atoms with E-state index in [1.807, 2.05) is 13.0 Å². The number of rotatable bonds is 10. The Morgan fingerprint density at radius 3 is 2.26 bits per heavy atom. The monoisotopic (exact) mass is 478 g/mol. The number of aromatic nitrogens is 1. The van der Waals surface area contributed by atoms with Gasteiger partial charge < -0.3 is 10.6 Å². The van der Waals surface area contributed by atoms with E-state index in [-0.39, 0.29) is 18.0 Å². The maximum Gasteiger partial charge on any atom is 0.270 e. The second-order valence-corrected chi connectivity index (χ2v) is 8.81. The largest absolute Gasteiger partial charge is 0.346 e. The SMILES string of the molecule is CC[C@H](C)[C@@H](NC(=O)C[C@H](NC(=O)c1ccccn1)c1ccccc1)C(=O)[C@@H]1C(=O)NC(=O)[C@@H]1C. The Labute approximate surface area is 204 Å². The number of nitrogens with one attached hydrogen (secondary N) is 3. The van der Waals surface area contributed by atoms with Gasteiger partial charge in [-0.05, 0) is 23.6 Å². The molecule has 3 N–H and O–H groups in total. The summed E-state index contributed by atoms with van der Waals surface area (Å²) in [4.78, 5) is 67.3. The zero-order chi connectivity index (χ0) is 25.5. The first-order valence-electron chi connectivity index (χ1n) is 11.7. The zero-order valence-corrected chi connectivity index (χ0v) is 20.0. The number of benzene rings is 1. The van der Waals surface area contributed by atoms with Crippen molar-refractivity contribution in [3.8, 4) is 0 Å². The minimum absolute atomic E-state index is 0.131. The fraction of sp³-hybridized carbons (Fsp3) is 0.385. The fourth-order valence-electron chi connectivity index (χ4n) is 4.07. The van der Waals surface area contributed by atoms with Gasteiger partial charge in [0.2, 0.25) is 17.7 Å². The van der Waals surface area contributed by atoms with Crippen molar-refractivity contribution >= 4 is 29.4 Å². The second-order valence-electron chi connectivity index (χ2n) is 8.81. The van der Waals surface area contributed by atoms with Crippen LogP contribution >= 0.6 is 0 Å². The average molecular weight is 479 g/mol. The number of Topliss-reactive ketones (excluding diaryl/α,β-unsaturated/α-hetero) is 1. The number of hydrogen-bond donors (Lipinski definition) is 3. The van der Waals surface area contributed by atoms with Crippen LogP contribution in [0.25, 0.3) is 0 Å². The van der Waals surface area contributed by atoms with E-state index in [2.05, 4.69) is 20.9 Å². The molecule has 0 bridgehead atoms. The molecule has 1 fully saturated rings. The Morgan fingerprint density at radius 1 is 1.00 bits per heavy atom. The molecule has 4 amide bonds. The third-order valence-electron chi connectivity index (χ3n) is 6.38. The summed E-state index contributed by atoms with van der Waals surface area (Å²) in [7, 11) is 0. The van der Waals surface area contributed by atoms with Crippen LogP contribution in [0.5, 0.6) is 0 Å². The van der Waals surface area contributed by atoms with Gasteiger partial charge in [-0.2, -0.15) is 0 Å². The molecule has 1 saturated heterocycles. The number of carbonyl (C=O) groups is 5. The van der Waals surface area contributed by atoms with E-state index in [1.165, 1.54) is 13.1 Å². The van der Waals surface area contributed by atoms with Crippen LogP contribution in [0.2, 0.25) is 0 Å².